The molecule has 2 amide bonds. The largest absolute Gasteiger partial charge is 0.495 e. The van der Waals surface area contributed by atoms with E-state index in [0.717, 1.165) is 16.6 Å². The lowest BCUT2D eigenvalue weighted by molar-refractivity contribution is -0.133. The van der Waals surface area contributed by atoms with Crippen LogP contribution in [0.4, 0.5) is 15.8 Å². The summed E-state index contributed by atoms with van der Waals surface area (Å²) in [6.45, 7) is 3.48. The number of halogens is 1. The Morgan fingerprint density at radius 3 is 2.51 bits per heavy atom. The molecule has 2 atom stereocenters. The molecule has 2 aromatic heterocycles. The third-order valence-corrected chi connectivity index (χ3v) is 7.10. The quantitative estimate of drug-likeness (QED) is 0.349. The van der Waals surface area contributed by atoms with Gasteiger partial charge in [-0.3, -0.25) is 14.6 Å². The molecule has 3 N–H and O–H groups in total. The van der Waals surface area contributed by atoms with Crippen molar-refractivity contribution in [3.05, 3.63) is 66.1 Å². The lowest BCUT2D eigenvalue weighted by atomic mass is 9.98. The zero-order valence-electron chi connectivity index (χ0n) is 22.2. The van der Waals surface area contributed by atoms with E-state index in [9.17, 15) is 14.0 Å². The maximum absolute atomic E-state index is 13.7. The Hall–Kier alpha value is -4.47. The van der Waals surface area contributed by atoms with Crippen molar-refractivity contribution >= 4 is 34.1 Å². The van der Waals surface area contributed by atoms with Crippen LogP contribution in [0.5, 0.6) is 17.4 Å². The molecule has 202 valence electrons. The molecule has 1 unspecified atom stereocenters. The Morgan fingerprint density at radius 1 is 1.08 bits per heavy atom. The zero-order valence-corrected chi connectivity index (χ0v) is 22.2. The second kappa shape index (κ2) is 10.4. The maximum atomic E-state index is 13.7. The van der Waals surface area contributed by atoms with Crippen LogP contribution in [-0.4, -0.2) is 42.1 Å². The van der Waals surface area contributed by atoms with Gasteiger partial charge in [0.1, 0.15) is 23.1 Å². The van der Waals surface area contributed by atoms with Crippen LogP contribution in [0.15, 0.2) is 60.5 Å². The van der Waals surface area contributed by atoms with E-state index in [1.54, 1.807) is 51.4 Å². The van der Waals surface area contributed by atoms with Crippen LogP contribution in [0, 0.1) is 18.3 Å². The van der Waals surface area contributed by atoms with Gasteiger partial charge >= 0.3 is 0 Å². The van der Waals surface area contributed by atoms with Crippen molar-refractivity contribution in [2.45, 2.75) is 32.9 Å². The van der Waals surface area contributed by atoms with E-state index < -0.39 is 23.4 Å². The van der Waals surface area contributed by atoms with Crippen molar-refractivity contribution in [3.63, 3.8) is 0 Å². The molecule has 9 nitrogen and oxygen atoms in total. The third kappa shape index (κ3) is 5.14. The van der Waals surface area contributed by atoms with Gasteiger partial charge in [-0.05, 0) is 56.2 Å². The molecule has 5 rings (SSSR count). The number of hydrogen-bond donors (Lipinski definition) is 3. The Kier molecular flexibility index (Phi) is 6.94. The van der Waals surface area contributed by atoms with Crippen LogP contribution < -0.4 is 25.4 Å². The van der Waals surface area contributed by atoms with Crippen molar-refractivity contribution in [1.29, 1.82) is 0 Å². The van der Waals surface area contributed by atoms with Crippen molar-refractivity contribution in [1.82, 2.24) is 15.3 Å². The van der Waals surface area contributed by atoms with Crippen molar-refractivity contribution < 1.29 is 23.5 Å². The smallest absolute Gasteiger partial charge is 0.240 e. The fourth-order valence-electron chi connectivity index (χ4n) is 4.50. The summed E-state index contributed by atoms with van der Waals surface area (Å²) in [5.41, 5.74) is 1.89. The lowest BCUT2D eigenvalue weighted by Gasteiger charge is -2.20. The number of ether oxygens (including phenoxy) is 2. The van der Waals surface area contributed by atoms with Crippen molar-refractivity contribution in [2.75, 3.05) is 24.8 Å². The predicted molar refractivity (Wildman–Crippen MR) is 147 cm³/mol. The van der Waals surface area contributed by atoms with Gasteiger partial charge in [-0.15, -0.1) is 0 Å². The number of anilines is 2. The summed E-state index contributed by atoms with van der Waals surface area (Å²) in [6, 6.07) is 8.82. The first-order valence-corrected chi connectivity index (χ1v) is 12.7. The highest BCUT2D eigenvalue weighted by Gasteiger charge is 2.56. The van der Waals surface area contributed by atoms with Gasteiger partial charge in [0.25, 0.3) is 0 Å². The van der Waals surface area contributed by atoms with E-state index in [4.69, 9.17) is 9.47 Å². The number of rotatable bonds is 8. The molecule has 39 heavy (non-hydrogen) atoms. The molecule has 1 aromatic carbocycles. The second-order valence-electron chi connectivity index (χ2n) is 9.79. The molecule has 2 aliphatic carbocycles. The monoisotopic (exact) mass is 531 g/mol. The minimum Gasteiger partial charge on any atom is -0.495 e. The Bertz CT molecular complexity index is 1520. The number of nitrogens with zero attached hydrogens (tertiary/aromatic N) is 2. The normalized spacial score (nSPS) is 19.2. The number of methoxy groups -OCH3 is 1. The SMILES string of the molecule is CNc1cc2nccc(Oc3ccc(NC(=O)C4(C(=O)NC5=C[C@H](C)C(F)C=C5)CC4)c(C)n3)c2cc1OC. The van der Waals surface area contributed by atoms with Crippen molar-refractivity contribution in [2.24, 2.45) is 11.3 Å². The average molecular weight is 532 g/mol. The number of aryl methyl sites for hydroxylation is 1. The van der Waals surface area contributed by atoms with E-state index in [1.807, 2.05) is 19.2 Å². The molecule has 1 fully saturated rings. The molecule has 0 radical (unpaired) electrons. The summed E-state index contributed by atoms with van der Waals surface area (Å²) in [4.78, 5) is 35.0. The van der Waals surface area contributed by atoms with Gasteiger partial charge in [-0.2, -0.15) is 0 Å². The predicted octanol–water partition coefficient (Wildman–Crippen LogP) is 5.04. The first kappa shape index (κ1) is 26.1. The molecule has 3 aromatic rings. The average Bonchev–Trinajstić information content (AvgIpc) is 3.74. The lowest BCUT2D eigenvalue weighted by Crippen LogP contribution is -2.40. The number of alkyl halides is 1. The number of amides is 2. The minimum absolute atomic E-state index is 0.338. The van der Waals surface area contributed by atoms with Gasteiger partial charge < -0.3 is 25.4 Å². The Balaban J connectivity index is 1.29. The molecule has 2 aliphatic rings. The minimum atomic E-state index is -1.16. The molecular formula is C29H30FN5O4. The number of allylic oxidation sites excluding steroid dienone is 3. The molecule has 0 bridgehead atoms. The molecule has 1 saturated carbocycles. The van der Waals surface area contributed by atoms with Crippen LogP contribution in [0.2, 0.25) is 0 Å². The summed E-state index contributed by atoms with van der Waals surface area (Å²) in [7, 11) is 3.40. The fourth-order valence-corrected chi connectivity index (χ4v) is 4.50. The van der Waals surface area contributed by atoms with Gasteiger partial charge in [0.2, 0.25) is 17.7 Å². The number of hydrogen-bond acceptors (Lipinski definition) is 7. The van der Waals surface area contributed by atoms with Crippen molar-refractivity contribution in [3.8, 4) is 17.4 Å². The number of aromatic nitrogens is 2. The summed E-state index contributed by atoms with van der Waals surface area (Å²) < 4.78 is 25.2. The van der Waals surface area contributed by atoms with Gasteiger partial charge in [0.05, 0.1) is 29.7 Å². The van der Waals surface area contributed by atoms with E-state index in [0.29, 0.717) is 47.3 Å². The van der Waals surface area contributed by atoms with E-state index >= 15 is 0 Å². The summed E-state index contributed by atoms with van der Waals surface area (Å²) in [5, 5.41) is 9.46. The maximum Gasteiger partial charge on any atom is 0.240 e. The number of carbonyl (C=O) groups is 2. The molecule has 10 heteroatoms. The Morgan fingerprint density at radius 2 is 1.85 bits per heavy atom. The molecule has 0 saturated heterocycles. The first-order chi connectivity index (χ1) is 18.7. The zero-order chi connectivity index (χ0) is 27.7. The molecular weight excluding hydrogens is 501 g/mol. The summed E-state index contributed by atoms with van der Waals surface area (Å²) in [6.07, 6.45) is 6.03. The Labute approximate surface area is 225 Å². The highest BCUT2D eigenvalue weighted by atomic mass is 19.1. The van der Waals surface area contributed by atoms with Crippen LogP contribution in [0.3, 0.4) is 0 Å². The summed E-state index contributed by atoms with van der Waals surface area (Å²) in [5.74, 6) is 0.402. The molecule has 0 aliphatic heterocycles. The number of nitrogens with one attached hydrogen (secondary N) is 3. The van der Waals surface area contributed by atoms with E-state index in [-0.39, 0.29) is 5.92 Å². The first-order valence-electron chi connectivity index (χ1n) is 12.7. The van der Waals surface area contributed by atoms with Crippen LogP contribution >= 0.6 is 0 Å². The third-order valence-electron chi connectivity index (χ3n) is 7.10. The number of pyridine rings is 2. The topological polar surface area (TPSA) is 114 Å². The molecule has 2 heterocycles. The van der Waals surface area contributed by atoms with E-state index in [2.05, 4.69) is 25.9 Å². The highest BCUT2D eigenvalue weighted by Crippen LogP contribution is 2.47. The second-order valence-corrected chi connectivity index (χ2v) is 9.79. The van der Waals surface area contributed by atoms with E-state index in [1.165, 1.54) is 12.2 Å². The van der Waals surface area contributed by atoms with Crippen LogP contribution in [0.1, 0.15) is 25.5 Å². The van der Waals surface area contributed by atoms with Gasteiger partial charge in [0.15, 0.2) is 0 Å². The van der Waals surface area contributed by atoms with Crippen LogP contribution in [-0.2, 0) is 9.59 Å². The number of benzene rings is 1. The standard InChI is InChI=1S/C29H30FN5O4/c1-16-13-18(5-6-20(16)30)34-27(36)29(10-11-29)28(37)35-21-7-8-26(33-17(21)2)39-24-9-12-32-22-15-23(31-3)25(38-4)14-19(22)24/h5-9,12-16,20,31H,10-11H2,1-4H3,(H,34,36)(H,35,37)/t16-,20?/m0/s1. The highest BCUT2D eigenvalue weighted by molar-refractivity contribution is 6.13. The van der Waals surface area contributed by atoms with Gasteiger partial charge in [-0.25, -0.2) is 9.37 Å². The summed E-state index contributed by atoms with van der Waals surface area (Å²) >= 11 is 0. The van der Waals surface area contributed by atoms with Gasteiger partial charge in [-0.1, -0.05) is 13.0 Å². The molecule has 0 spiro atoms. The van der Waals surface area contributed by atoms with Gasteiger partial charge in [0, 0.05) is 36.3 Å². The number of fused-ring (bicyclic) bond motifs is 1. The number of carbonyl (C=O) groups excluding carboxylic acids is 2. The fraction of sp³-hybridized carbons (Fsp3) is 0.310. The van der Waals surface area contributed by atoms with Crippen LogP contribution in [0.25, 0.3) is 10.9 Å².